The van der Waals surface area contributed by atoms with Crippen LogP contribution in [0.15, 0.2) is 18.2 Å². The van der Waals surface area contributed by atoms with Crippen molar-refractivity contribution in [2.24, 2.45) is 0 Å². The Morgan fingerprint density at radius 1 is 1.25 bits per heavy atom. The van der Waals surface area contributed by atoms with Crippen molar-refractivity contribution in [1.29, 1.82) is 0 Å². The number of amides is 2. The van der Waals surface area contributed by atoms with Crippen molar-refractivity contribution in [3.63, 3.8) is 0 Å². The van der Waals surface area contributed by atoms with Crippen LogP contribution >= 0.6 is 35.0 Å². The number of aliphatic carboxylic acids is 1. The minimum atomic E-state index is -1.21. The summed E-state index contributed by atoms with van der Waals surface area (Å²) in [7, 11) is 0. The van der Waals surface area contributed by atoms with Crippen LogP contribution in [0.4, 0.5) is 10.5 Å². The average Bonchev–Trinajstić information content (AvgIpc) is 2.76. The van der Waals surface area contributed by atoms with Crippen LogP contribution in [0.25, 0.3) is 0 Å². The van der Waals surface area contributed by atoms with Crippen LogP contribution in [0, 0.1) is 0 Å². The van der Waals surface area contributed by atoms with Crippen molar-refractivity contribution < 1.29 is 14.7 Å². The lowest BCUT2D eigenvalue weighted by molar-refractivity contribution is -0.143. The Hall–Kier alpha value is -1.11. The van der Waals surface area contributed by atoms with Gasteiger partial charge in [-0.05, 0) is 30.4 Å². The zero-order valence-corrected chi connectivity index (χ0v) is 12.6. The average molecular weight is 335 g/mol. The number of benzene rings is 1. The molecule has 1 saturated heterocycles. The quantitative estimate of drug-likeness (QED) is 0.793. The van der Waals surface area contributed by atoms with Crippen LogP contribution in [0.1, 0.15) is 6.42 Å². The fourth-order valence-corrected chi connectivity index (χ4v) is 3.74. The normalized spacial score (nSPS) is 21.5. The van der Waals surface area contributed by atoms with Gasteiger partial charge in [-0.15, -0.1) is 0 Å². The first kappa shape index (κ1) is 15.3. The van der Waals surface area contributed by atoms with Gasteiger partial charge in [0.1, 0.15) is 5.54 Å². The molecule has 0 aliphatic carbocycles. The topological polar surface area (TPSA) is 78.4 Å². The molecule has 0 radical (unpaired) electrons. The highest BCUT2D eigenvalue weighted by molar-refractivity contribution is 7.99. The molecule has 8 heteroatoms. The third-order valence-electron chi connectivity index (χ3n) is 2.90. The Morgan fingerprint density at radius 3 is 2.40 bits per heavy atom. The first-order valence-electron chi connectivity index (χ1n) is 5.78. The SMILES string of the molecule is O=C(Nc1cc(Cl)cc(Cl)c1)NC1(C(=O)O)CCSC1. The largest absolute Gasteiger partial charge is 0.479 e. The van der Waals surface area contributed by atoms with Gasteiger partial charge in [0, 0.05) is 21.5 Å². The van der Waals surface area contributed by atoms with E-state index in [9.17, 15) is 14.7 Å². The molecule has 1 atom stereocenters. The summed E-state index contributed by atoms with van der Waals surface area (Å²) < 4.78 is 0. The fourth-order valence-electron chi connectivity index (χ4n) is 1.89. The molecule has 5 nitrogen and oxygen atoms in total. The van der Waals surface area contributed by atoms with E-state index in [2.05, 4.69) is 10.6 Å². The Labute approximate surface area is 130 Å². The number of hydrogen-bond donors (Lipinski definition) is 3. The van der Waals surface area contributed by atoms with E-state index in [4.69, 9.17) is 23.2 Å². The number of carbonyl (C=O) groups excluding carboxylic acids is 1. The van der Waals surface area contributed by atoms with E-state index in [1.54, 1.807) is 6.07 Å². The van der Waals surface area contributed by atoms with Crippen LogP contribution in [0.5, 0.6) is 0 Å². The van der Waals surface area contributed by atoms with Crippen LogP contribution < -0.4 is 10.6 Å². The molecular formula is C12H12Cl2N2O3S. The van der Waals surface area contributed by atoms with Crippen molar-refractivity contribution in [3.8, 4) is 0 Å². The molecule has 2 rings (SSSR count). The molecular weight excluding hydrogens is 323 g/mol. The zero-order valence-electron chi connectivity index (χ0n) is 10.3. The van der Waals surface area contributed by atoms with Crippen LogP contribution in [-0.4, -0.2) is 34.2 Å². The molecule has 1 fully saturated rings. The Bertz CT molecular complexity index is 527. The highest BCUT2D eigenvalue weighted by Crippen LogP contribution is 2.28. The molecule has 1 aromatic carbocycles. The van der Waals surface area contributed by atoms with E-state index in [-0.39, 0.29) is 0 Å². The Balaban J connectivity index is 2.06. The molecule has 0 spiro atoms. The van der Waals surface area contributed by atoms with Crippen LogP contribution in [-0.2, 0) is 4.79 Å². The summed E-state index contributed by atoms with van der Waals surface area (Å²) in [5.41, 5.74) is -0.803. The van der Waals surface area contributed by atoms with Gasteiger partial charge in [0.2, 0.25) is 0 Å². The maximum absolute atomic E-state index is 11.9. The number of hydrogen-bond acceptors (Lipinski definition) is 3. The Morgan fingerprint density at radius 2 is 1.90 bits per heavy atom. The third-order valence-corrected chi connectivity index (χ3v) is 4.53. The number of carboxylic acids is 1. The number of carboxylic acid groups (broad SMARTS) is 1. The maximum atomic E-state index is 11.9. The van der Waals surface area contributed by atoms with E-state index in [0.29, 0.717) is 33.7 Å². The third kappa shape index (κ3) is 3.50. The molecule has 108 valence electrons. The van der Waals surface area contributed by atoms with Gasteiger partial charge in [0.15, 0.2) is 0 Å². The highest BCUT2D eigenvalue weighted by Gasteiger charge is 2.43. The number of urea groups is 1. The summed E-state index contributed by atoms with van der Waals surface area (Å²) in [4.78, 5) is 23.2. The second-order valence-electron chi connectivity index (χ2n) is 4.43. The number of thioether (sulfide) groups is 1. The number of nitrogens with one attached hydrogen (secondary N) is 2. The Kier molecular flexibility index (Phi) is 4.67. The van der Waals surface area contributed by atoms with E-state index in [1.807, 2.05) is 0 Å². The van der Waals surface area contributed by atoms with E-state index < -0.39 is 17.5 Å². The van der Waals surface area contributed by atoms with Gasteiger partial charge < -0.3 is 15.7 Å². The highest BCUT2D eigenvalue weighted by atomic mass is 35.5. The smallest absolute Gasteiger partial charge is 0.330 e. The monoisotopic (exact) mass is 334 g/mol. The van der Waals surface area contributed by atoms with Gasteiger partial charge in [-0.1, -0.05) is 23.2 Å². The van der Waals surface area contributed by atoms with Crippen molar-refractivity contribution >= 4 is 52.7 Å². The van der Waals surface area contributed by atoms with E-state index >= 15 is 0 Å². The second kappa shape index (κ2) is 6.11. The van der Waals surface area contributed by atoms with Gasteiger partial charge in [0.25, 0.3) is 0 Å². The zero-order chi connectivity index (χ0) is 14.8. The maximum Gasteiger partial charge on any atom is 0.330 e. The lowest BCUT2D eigenvalue weighted by atomic mass is 10.00. The first-order valence-corrected chi connectivity index (χ1v) is 7.69. The minimum absolute atomic E-state index is 0.353. The predicted molar refractivity (Wildman–Crippen MR) is 80.9 cm³/mol. The number of anilines is 1. The summed E-state index contributed by atoms with van der Waals surface area (Å²) in [6.45, 7) is 0. The standard InChI is InChI=1S/C12H12Cl2N2O3S/c13-7-3-8(14)5-9(4-7)15-11(19)16-12(10(17)18)1-2-20-6-12/h3-5H,1-2,6H2,(H,17,18)(H2,15,16,19). The molecule has 1 aromatic rings. The first-order chi connectivity index (χ1) is 9.41. The lowest BCUT2D eigenvalue weighted by Crippen LogP contribution is -2.55. The molecule has 0 aromatic heterocycles. The lowest BCUT2D eigenvalue weighted by Gasteiger charge is -2.24. The van der Waals surface area contributed by atoms with Gasteiger partial charge in [-0.25, -0.2) is 9.59 Å². The molecule has 20 heavy (non-hydrogen) atoms. The molecule has 3 N–H and O–H groups in total. The van der Waals surface area contributed by atoms with Crippen LogP contribution in [0.3, 0.4) is 0 Å². The molecule has 1 aliphatic heterocycles. The van der Waals surface area contributed by atoms with Crippen molar-refractivity contribution in [3.05, 3.63) is 28.2 Å². The van der Waals surface area contributed by atoms with E-state index in [0.717, 1.165) is 0 Å². The molecule has 0 saturated carbocycles. The van der Waals surface area contributed by atoms with Crippen molar-refractivity contribution in [2.45, 2.75) is 12.0 Å². The van der Waals surface area contributed by atoms with Gasteiger partial charge in [-0.3, -0.25) is 0 Å². The van der Waals surface area contributed by atoms with Crippen LogP contribution in [0.2, 0.25) is 10.0 Å². The molecule has 1 aliphatic rings. The molecule has 1 unspecified atom stereocenters. The van der Waals surface area contributed by atoms with Gasteiger partial charge in [0.05, 0.1) is 0 Å². The fraction of sp³-hybridized carbons (Fsp3) is 0.333. The second-order valence-corrected chi connectivity index (χ2v) is 6.41. The van der Waals surface area contributed by atoms with E-state index in [1.165, 1.54) is 23.9 Å². The number of carbonyl (C=O) groups is 2. The molecule has 0 bridgehead atoms. The van der Waals surface area contributed by atoms with Crippen molar-refractivity contribution in [1.82, 2.24) is 5.32 Å². The summed E-state index contributed by atoms with van der Waals surface area (Å²) >= 11 is 13.2. The molecule has 2 amide bonds. The van der Waals surface area contributed by atoms with Crippen molar-refractivity contribution in [2.75, 3.05) is 16.8 Å². The molecule has 1 heterocycles. The summed E-state index contributed by atoms with van der Waals surface area (Å²) in [6, 6.07) is 4.01. The summed E-state index contributed by atoms with van der Waals surface area (Å²) in [5.74, 6) is 0.0310. The van der Waals surface area contributed by atoms with Gasteiger partial charge >= 0.3 is 12.0 Å². The van der Waals surface area contributed by atoms with Gasteiger partial charge in [-0.2, -0.15) is 11.8 Å². The number of halogens is 2. The predicted octanol–water partition coefficient (Wildman–Crippen LogP) is 3.08. The number of rotatable bonds is 3. The minimum Gasteiger partial charge on any atom is -0.479 e. The summed E-state index contributed by atoms with van der Waals surface area (Å²) in [5, 5.41) is 15.1. The summed E-state index contributed by atoms with van der Waals surface area (Å²) in [6.07, 6.45) is 0.400.